The molecule has 0 bridgehead atoms. The summed E-state index contributed by atoms with van der Waals surface area (Å²) in [7, 11) is 0. The standard InChI is InChI=1S/C18H21BrFN/c1-3-10-21-13(2)11-14-4-6-15(7-5-14)17-12-16(19)8-9-18(17)20/h4-9,12-13,21H,3,10-11H2,1-2H3. The lowest BCUT2D eigenvalue weighted by Gasteiger charge is -2.13. The second kappa shape index (κ2) is 7.71. The smallest absolute Gasteiger partial charge is 0.131 e. The molecule has 2 aromatic carbocycles. The molecule has 0 aliphatic rings. The van der Waals surface area contributed by atoms with Crippen molar-refractivity contribution in [2.24, 2.45) is 0 Å². The van der Waals surface area contributed by atoms with Crippen LogP contribution >= 0.6 is 15.9 Å². The topological polar surface area (TPSA) is 12.0 Å². The molecule has 1 atom stereocenters. The Morgan fingerprint density at radius 2 is 1.86 bits per heavy atom. The van der Waals surface area contributed by atoms with E-state index in [0.29, 0.717) is 11.6 Å². The molecule has 0 saturated heterocycles. The highest BCUT2D eigenvalue weighted by molar-refractivity contribution is 9.10. The Hall–Kier alpha value is -1.19. The summed E-state index contributed by atoms with van der Waals surface area (Å²) in [4.78, 5) is 0. The highest BCUT2D eigenvalue weighted by Crippen LogP contribution is 2.26. The molecule has 112 valence electrons. The molecule has 2 aromatic rings. The summed E-state index contributed by atoms with van der Waals surface area (Å²) in [5, 5.41) is 3.48. The molecule has 0 fully saturated rings. The zero-order valence-corrected chi connectivity index (χ0v) is 14.1. The van der Waals surface area contributed by atoms with Crippen LogP contribution < -0.4 is 5.32 Å². The molecule has 1 unspecified atom stereocenters. The Morgan fingerprint density at radius 3 is 2.52 bits per heavy atom. The van der Waals surface area contributed by atoms with Gasteiger partial charge in [-0.2, -0.15) is 0 Å². The van der Waals surface area contributed by atoms with Gasteiger partial charge >= 0.3 is 0 Å². The summed E-state index contributed by atoms with van der Waals surface area (Å²) in [5.74, 6) is -0.191. The van der Waals surface area contributed by atoms with Crippen LogP contribution in [0.4, 0.5) is 4.39 Å². The first-order chi connectivity index (χ1) is 10.1. The molecule has 0 saturated carbocycles. The highest BCUT2D eigenvalue weighted by atomic mass is 79.9. The quantitative estimate of drug-likeness (QED) is 0.756. The van der Waals surface area contributed by atoms with Crippen LogP contribution in [0, 0.1) is 5.82 Å². The lowest BCUT2D eigenvalue weighted by atomic mass is 10.0. The van der Waals surface area contributed by atoms with Gasteiger partial charge in [-0.1, -0.05) is 47.1 Å². The molecule has 1 N–H and O–H groups in total. The van der Waals surface area contributed by atoms with E-state index >= 15 is 0 Å². The van der Waals surface area contributed by atoms with Gasteiger partial charge in [0.1, 0.15) is 5.82 Å². The summed E-state index contributed by atoms with van der Waals surface area (Å²) in [6.07, 6.45) is 2.13. The Bertz CT molecular complexity index is 580. The monoisotopic (exact) mass is 349 g/mol. The molecule has 0 radical (unpaired) electrons. The van der Waals surface area contributed by atoms with Gasteiger partial charge in [0.15, 0.2) is 0 Å². The molecule has 0 spiro atoms. The second-order valence-corrected chi connectivity index (χ2v) is 6.30. The van der Waals surface area contributed by atoms with Gasteiger partial charge in [0.25, 0.3) is 0 Å². The fourth-order valence-electron chi connectivity index (χ4n) is 2.36. The number of hydrogen-bond acceptors (Lipinski definition) is 1. The minimum Gasteiger partial charge on any atom is -0.314 e. The number of hydrogen-bond donors (Lipinski definition) is 1. The highest BCUT2D eigenvalue weighted by Gasteiger charge is 2.07. The summed E-state index contributed by atoms with van der Waals surface area (Å²) >= 11 is 3.39. The third-order valence-corrected chi connectivity index (χ3v) is 3.97. The first-order valence-corrected chi connectivity index (χ1v) is 8.17. The van der Waals surface area contributed by atoms with Crippen molar-refractivity contribution in [3.8, 4) is 11.1 Å². The van der Waals surface area contributed by atoms with Crippen LogP contribution in [0.25, 0.3) is 11.1 Å². The third-order valence-electron chi connectivity index (χ3n) is 3.48. The Balaban J connectivity index is 2.10. The van der Waals surface area contributed by atoms with Crippen LogP contribution in [0.15, 0.2) is 46.9 Å². The minimum absolute atomic E-state index is 0.191. The molecule has 2 rings (SSSR count). The van der Waals surface area contributed by atoms with E-state index in [4.69, 9.17) is 0 Å². The van der Waals surface area contributed by atoms with Gasteiger partial charge in [-0.3, -0.25) is 0 Å². The van der Waals surface area contributed by atoms with E-state index in [1.54, 1.807) is 6.07 Å². The Kier molecular flexibility index (Phi) is 5.95. The van der Waals surface area contributed by atoms with Gasteiger partial charge in [0.2, 0.25) is 0 Å². The molecule has 0 aromatic heterocycles. The number of rotatable bonds is 6. The fraction of sp³-hybridized carbons (Fsp3) is 0.333. The molecular formula is C18H21BrFN. The van der Waals surface area contributed by atoms with E-state index in [9.17, 15) is 4.39 Å². The zero-order chi connectivity index (χ0) is 15.2. The van der Waals surface area contributed by atoms with Crippen molar-refractivity contribution in [3.05, 3.63) is 58.3 Å². The number of nitrogens with one attached hydrogen (secondary N) is 1. The van der Waals surface area contributed by atoms with E-state index in [0.717, 1.165) is 29.4 Å². The van der Waals surface area contributed by atoms with Gasteiger partial charge in [0, 0.05) is 16.1 Å². The van der Waals surface area contributed by atoms with E-state index in [-0.39, 0.29) is 5.82 Å². The fourth-order valence-corrected chi connectivity index (χ4v) is 2.72. The predicted octanol–water partition coefficient (Wildman–Crippen LogP) is 5.19. The normalized spacial score (nSPS) is 12.4. The summed E-state index contributed by atoms with van der Waals surface area (Å²) < 4.78 is 14.8. The van der Waals surface area contributed by atoms with Crippen LogP contribution in [0.2, 0.25) is 0 Å². The van der Waals surface area contributed by atoms with Crippen LogP contribution in [0.3, 0.4) is 0 Å². The van der Waals surface area contributed by atoms with E-state index in [2.05, 4.69) is 47.2 Å². The van der Waals surface area contributed by atoms with Crippen LogP contribution in [-0.4, -0.2) is 12.6 Å². The van der Waals surface area contributed by atoms with Crippen LogP contribution in [0.5, 0.6) is 0 Å². The van der Waals surface area contributed by atoms with Gasteiger partial charge in [-0.15, -0.1) is 0 Å². The molecule has 3 heteroatoms. The first kappa shape index (κ1) is 16.2. The Labute approximate surface area is 134 Å². The number of halogens is 2. The molecule has 0 aliphatic carbocycles. The molecule has 0 amide bonds. The minimum atomic E-state index is -0.191. The maximum absolute atomic E-state index is 13.9. The summed E-state index contributed by atoms with van der Waals surface area (Å²) in [6.45, 7) is 5.40. The average Bonchev–Trinajstić information content (AvgIpc) is 2.48. The van der Waals surface area contributed by atoms with Crippen molar-refractivity contribution in [3.63, 3.8) is 0 Å². The lowest BCUT2D eigenvalue weighted by molar-refractivity contribution is 0.543. The molecule has 21 heavy (non-hydrogen) atoms. The van der Waals surface area contributed by atoms with Crippen molar-refractivity contribution >= 4 is 15.9 Å². The average molecular weight is 350 g/mol. The van der Waals surface area contributed by atoms with Crippen molar-refractivity contribution < 1.29 is 4.39 Å². The van der Waals surface area contributed by atoms with Gasteiger partial charge < -0.3 is 5.32 Å². The number of benzene rings is 2. The molecular weight excluding hydrogens is 329 g/mol. The van der Waals surface area contributed by atoms with Crippen molar-refractivity contribution in [2.75, 3.05) is 6.54 Å². The molecule has 0 heterocycles. The first-order valence-electron chi connectivity index (χ1n) is 7.38. The summed E-state index contributed by atoms with van der Waals surface area (Å²) in [5.41, 5.74) is 2.81. The van der Waals surface area contributed by atoms with E-state index < -0.39 is 0 Å². The maximum Gasteiger partial charge on any atom is 0.131 e. The molecule has 1 nitrogen and oxygen atoms in total. The maximum atomic E-state index is 13.9. The predicted molar refractivity (Wildman–Crippen MR) is 91.0 cm³/mol. The van der Waals surface area contributed by atoms with Crippen LogP contribution in [0.1, 0.15) is 25.8 Å². The largest absolute Gasteiger partial charge is 0.314 e. The van der Waals surface area contributed by atoms with Crippen LogP contribution in [-0.2, 0) is 6.42 Å². The lowest BCUT2D eigenvalue weighted by Crippen LogP contribution is -2.28. The molecule has 0 aliphatic heterocycles. The van der Waals surface area contributed by atoms with Crippen molar-refractivity contribution in [1.29, 1.82) is 0 Å². The van der Waals surface area contributed by atoms with E-state index in [1.165, 1.54) is 11.6 Å². The second-order valence-electron chi connectivity index (χ2n) is 5.38. The SMILES string of the molecule is CCCNC(C)Cc1ccc(-c2cc(Br)ccc2F)cc1. The van der Waals surface area contributed by atoms with Gasteiger partial charge in [-0.25, -0.2) is 4.39 Å². The third kappa shape index (κ3) is 4.65. The zero-order valence-electron chi connectivity index (χ0n) is 12.5. The van der Waals surface area contributed by atoms with Gasteiger partial charge in [0.05, 0.1) is 0 Å². The van der Waals surface area contributed by atoms with E-state index in [1.807, 2.05) is 18.2 Å². The summed E-state index contributed by atoms with van der Waals surface area (Å²) in [6, 6.07) is 13.6. The van der Waals surface area contributed by atoms with Crippen molar-refractivity contribution in [1.82, 2.24) is 5.32 Å². The van der Waals surface area contributed by atoms with Crippen molar-refractivity contribution in [2.45, 2.75) is 32.7 Å². The van der Waals surface area contributed by atoms with Gasteiger partial charge in [-0.05, 0) is 55.6 Å². The Morgan fingerprint density at radius 1 is 1.14 bits per heavy atom.